The van der Waals surface area contributed by atoms with Crippen molar-refractivity contribution in [2.75, 3.05) is 12.5 Å². The maximum Gasteiger partial charge on any atom is 0.158 e. The molecule has 0 spiro atoms. The number of nitrogens with zero attached hydrogens (tertiary/aromatic N) is 2. The van der Waals surface area contributed by atoms with Crippen molar-refractivity contribution in [1.29, 1.82) is 0 Å². The molecule has 0 N–H and O–H groups in total. The molecule has 0 aliphatic carbocycles. The van der Waals surface area contributed by atoms with E-state index in [1.165, 1.54) is 0 Å². The summed E-state index contributed by atoms with van der Waals surface area (Å²) in [4.78, 5) is 4.06. The van der Waals surface area contributed by atoms with E-state index in [2.05, 4.69) is 21.9 Å². The van der Waals surface area contributed by atoms with Crippen LogP contribution in [0.3, 0.4) is 0 Å². The van der Waals surface area contributed by atoms with Crippen LogP contribution in [0.5, 0.6) is 0 Å². The Bertz CT molecular complexity index is 227. The van der Waals surface area contributed by atoms with Crippen molar-refractivity contribution >= 4 is 16.5 Å². The molecule has 2 nitrogen and oxygen atoms in total. The molecule has 0 amide bonds. The summed E-state index contributed by atoms with van der Waals surface area (Å²) >= 11 is 0. The van der Waals surface area contributed by atoms with Crippen molar-refractivity contribution in [3.05, 3.63) is 24.4 Å². The highest BCUT2D eigenvalue weighted by molar-refractivity contribution is 7.85. The summed E-state index contributed by atoms with van der Waals surface area (Å²) < 4.78 is 4.28. The molecule has 0 aliphatic rings. The van der Waals surface area contributed by atoms with Crippen molar-refractivity contribution < 1.29 is 0 Å². The highest BCUT2D eigenvalue weighted by atomic mass is 32.2. The molecule has 1 aromatic heterocycles. The van der Waals surface area contributed by atoms with Crippen molar-refractivity contribution in [3.8, 4) is 0 Å². The Balaban J connectivity index is 2.87. The van der Waals surface area contributed by atoms with Gasteiger partial charge in [-0.1, -0.05) is 16.8 Å². The molecule has 1 rings (SSSR count). The first-order valence-electron chi connectivity index (χ1n) is 2.99. The summed E-state index contributed by atoms with van der Waals surface area (Å²) in [7, 11) is 0.0960. The zero-order valence-electron chi connectivity index (χ0n) is 6.11. The second-order valence-corrected chi connectivity index (χ2v) is 3.78. The molecule has 54 valence electrons. The van der Waals surface area contributed by atoms with E-state index in [1.54, 1.807) is 6.20 Å². The summed E-state index contributed by atoms with van der Waals surface area (Å²) in [5.41, 5.74) is 0. The smallest absolute Gasteiger partial charge is 0.158 e. The average Bonchev–Trinajstić information content (AvgIpc) is 1.88. The Hall–Kier alpha value is -0.700. The molecule has 1 aromatic rings. The van der Waals surface area contributed by atoms with Gasteiger partial charge in [0, 0.05) is 6.20 Å². The van der Waals surface area contributed by atoms with Crippen LogP contribution in [0.15, 0.2) is 28.8 Å². The lowest BCUT2D eigenvalue weighted by Gasteiger charge is -1.91. The fourth-order valence-corrected chi connectivity index (χ4v) is 1.08. The van der Waals surface area contributed by atoms with Gasteiger partial charge >= 0.3 is 0 Å². The van der Waals surface area contributed by atoms with Crippen molar-refractivity contribution in [2.24, 2.45) is 4.36 Å². The van der Waals surface area contributed by atoms with Gasteiger partial charge in [-0.05, 0) is 24.6 Å². The van der Waals surface area contributed by atoms with E-state index in [0.29, 0.717) is 0 Å². The predicted molar refractivity (Wildman–Crippen MR) is 45.5 cm³/mol. The van der Waals surface area contributed by atoms with Gasteiger partial charge in [-0.25, -0.2) is 9.35 Å². The summed E-state index contributed by atoms with van der Waals surface area (Å²) in [5.74, 6) is 0.829. The first-order valence-corrected chi connectivity index (χ1v) is 4.99. The SMILES string of the molecule is CS(C)=Nc1ccccn1. The molecule has 3 heteroatoms. The molecule has 0 saturated carbocycles. The molecule has 0 saturated heterocycles. The zero-order valence-corrected chi connectivity index (χ0v) is 6.93. The number of hydrogen-bond acceptors (Lipinski definition) is 2. The van der Waals surface area contributed by atoms with Gasteiger partial charge in [0.2, 0.25) is 0 Å². The molecule has 0 atom stereocenters. The molecular formula is C7H10N2S. The lowest BCUT2D eigenvalue weighted by Crippen LogP contribution is -1.77. The number of aromatic nitrogens is 1. The first-order chi connectivity index (χ1) is 4.79. The number of rotatable bonds is 1. The third-order valence-electron chi connectivity index (χ3n) is 0.925. The van der Waals surface area contributed by atoms with Crippen LogP contribution in [-0.2, 0) is 10.7 Å². The highest BCUT2D eigenvalue weighted by Crippen LogP contribution is 2.05. The van der Waals surface area contributed by atoms with Gasteiger partial charge in [-0.2, -0.15) is 0 Å². The second kappa shape index (κ2) is 3.46. The highest BCUT2D eigenvalue weighted by Gasteiger charge is 1.84. The Labute approximate surface area is 63.4 Å². The van der Waals surface area contributed by atoms with Gasteiger partial charge in [0.1, 0.15) is 0 Å². The van der Waals surface area contributed by atoms with E-state index < -0.39 is 0 Å². The van der Waals surface area contributed by atoms with Crippen molar-refractivity contribution in [2.45, 2.75) is 0 Å². The van der Waals surface area contributed by atoms with E-state index >= 15 is 0 Å². The molecule has 0 unspecified atom stereocenters. The Morgan fingerprint density at radius 2 is 2.20 bits per heavy atom. The second-order valence-electron chi connectivity index (χ2n) is 2.05. The molecule has 1 heterocycles. The topological polar surface area (TPSA) is 25.2 Å². The van der Waals surface area contributed by atoms with Gasteiger partial charge in [-0.3, -0.25) is 0 Å². The minimum atomic E-state index is 0.0960. The van der Waals surface area contributed by atoms with Crippen LogP contribution >= 0.6 is 0 Å². The van der Waals surface area contributed by atoms with E-state index in [0.717, 1.165) is 5.82 Å². The van der Waals surface area contributed by atoms with E-state index in [4.69, 9.17) is 0 Å². The summed E-state index contributed by atoms with van der Waals surface area (Å²) in [5, 5.41) is 0. The maximum absolute atomic E-state index is 4.28. The third-order valence-corrected chi connectivity index (χ3v) is 1.48. The summed E-state index contributed by atoms with van der Waals surface area (Å²) in [6.45, 7) is 0. The van der Waals surface area contributed by atoms with Crippen LogP contribution in [0.4, 0.5) is 5.82 Å². The molecule has 0 aromatic carbocycles. The maximum atomic E-state index is 4.28. The molecular weight excluding hydrogens is 144 g/mol. The largest absolute Gasteiger partial charge is 0.237 e. The fraction of sp³-hybridized carbons (Fsp3) is 0.286. The van der Waals surface area contributed by atoms with E-state index in [-0.39, 0.29) is 10.7 Å². The van der Waals surface area contributed by atoms with E-state index in [9.17, 15) is 0 Å². The van der Waals surface area contributed by atoms with Gasteiger partial charge < -0.3 is 0 Å². The minimum absolute atomic E-state index is 0.0960. The molecule has 0 bridgehead atoms. The normalized spacial score (nSPS) is 9.90. The molecule has 0 aliphatic heterocycles. The fourth-order valence-electron chi connectivity index (χ4n) is 0.595. The monoisotopic (exact) mass is 154 g/mol. The summed E-state index contributed by atoms with van der Waals surface area (Å²) in [6, 6.07) is 5.74. The molecule has 0 fully saturated rings. The number of pyridine rings is 1. The quantitative estimate of drug-likeness (QED) is 0.605. The zero-order chi connectivity index (χ0) is 7.40. The lowest BCUT2D eigenvalue weighted by molar-refractivity contribution is 1.29. The van der Waals surface area contributed by atoms with Gasteiger partial charge in [0.05, 0.1) is 0 Å². The van der Waals surface area contributed by atoms with Crippen LogP contribution in [0.2, 0.25) is 0 Å². The van der Waals surface area contributed by atoms with Crippen LogP contribution in [-0.4, -0.2) is 17.5 Å². The Morgan fingerprint density at radius 1 is 1.40 bits per heavy atom. The van der Waals surface area contributed by atoms with Crippen molar-refractivity contribution in [1.82, 2.24) is 4.98 Å². The van der Waals surface area contributed by atoms with Crippen molar-refractivity contribution in [3.63, 3.8) is 0 Å². The van der Waals surface area contributed by atoms with Gasteiger partial charge in [0.15, 0.2) is 5.82 Å². The lowest BCUT2D eigenvalue weighted by atomic mass is 10.5. The van der Waals surface area contributed by atoms with Crippen LogP contribution < -0.4 is 0 Å². The summed E-state index contributed by atoms with van der Waals surface area (Å²) in [6.07, 6.45) is 5.88. The first kappa shape index (κ1) is 7.41. The van der Waals surface area contributed by atoms with E-state index in [1.807, 2.05) is 18.2 Å². The van der Waals surface area contributed by atoms with Gasteiger partial charge in [-0.15, -0.1) is 0 Å². The average molecular weight is 154 g/mol. The Kier molecular flexibility index (Phi) is 2.57. The van der Waals surface area contributed by atoms with Crippen LogP contribution in [0.1, 0.15) is 0 Å². The van der Waals surface area contributed by atoms with Crippen LogP contribution in [0, 0.1) is 0 Å². The van der Waals surface area contributed by atoms with Crippen LogP contribution in [0.25, 0.3) is 0 Å². The molecule has 0 radical (unpaired) electrons. The number of hydrogen-bond donors (Lipinski definition) is 0. The Morgan fingerprint density at radius 3 is 2.70 bits per heavy atom. The van der Waals surface area contributed by atoms with Gasteiger partial charge in [0.25, 0.3) is 0 Å². The third kappa shape index (κ3) is 2.27. The predicted octanol–water partition coefficient (Wildman–Crippen LogP) is 1.77. The molecule has 10 heavy (non-hydrogen) atoms. The standard InChI is InChI=1S/C7H10N2S/c1-10(2)9-7-5-3-4-6-8-7/h3-6H,1-2H3. The minimum Gasteiger partial charge on any atom is -0.237 e.